The number of amides is 2. The lowest BCUT2D eigenvalue weighted by Gasteiger charge is -2.24. The molecule has 5 atom stereocenters. The Labute approximate surface area is 236 Å². The van der Waals surface area contributed by atoms with Crippen LogP contribution in [-0.4, -0.2) is 78.6 Å². The number of esters is 1. The molecule has 0 spiro atoms. The Morgan fingerprint density at radius 2 is 1.54 bits per heavy atom. The van der Waals surface area contributed by atoms with E-state index in [-0.39, 0.29) is 19.1 Å². The van der Waals surface area contributed by atoms with Crippen molar-refractivity contribution in [2.45, 2.75) is 69.5 Å². The fourth-order valence-electron chi connectivity index (χ4n) is 5.52. The zero-order valence-corrected chi connectivity index (χ0v) is 22.8. The lowest BCUT2D eigenvalue weighted by molar-refractivity contribution is -0.196. The molecule has 0 saturated carbocycles. The number of nitrogens with one attached hydrogen (secondary N) is 2. The molecule has 2 aliphatic heterocycles. The van der Waals surface area contributed by atoms with Crippen molar-refractivity contribution in [3.8, 4) is 11.1 Å². The quantitative estimate of drug-likeness (QED) is 0.383. The predicted octanol–water partition coefficient (Wildman–Crippen LogP) is 2.29. The number of hydrogen-bond donors (Lipinski definition) is 3. The van der Waals surface area contributed by atoms with Crippen LogP contribution in [0.2, 0.25) is 0 Å². The van der Waals surface area contributed by atoms with Gasteiger partial charge >= 0.3 is 18.0 Å². The van der Waals surface area contributed by atoms with E-state index in [2.05, 4.69) is 10.6 Å². The first-order valence-electron chi connectivity index (χ1n) is 13.3. The van der Waals surface area contributed by atoms with Crippen LogP contribution in [0.25, 0.3) is 11.1 Å². The van der Waals surface area contributed by atoms with E-state index in [1.165, 1.54) is 6.92 Å². The first-order chi connectivity index (χ1) is 19.5. The fraction of sp³-hybridized carbons (Fsp3) is 0.448. The smallest absolute Gasteiger partial charge is 0.407 e. The topological polar surface area (TPSA) is 159 Å². The SMILES string of the molecule is CC(=O)OC[C@H]1O[C@@H](NC(=O)C[C@H](NC(=O)OCC2c3ccccc3-c3ccccc32)C(=O)O)[C@@H]2OC(C)(C)O[C@@H]21. The van der Waals surface area contributed by atoms with Crippen LogP contribution in [0.3, 0.4) is 0 Å². The van der Waals surface area contributed by atoms with Gasteiger partial charge in [-0.05, 0) is 36.1 Å². The number of benzene rings is 2. The van der Waals surface area contributed by atoms with Crippen molar-refractivity contribution in [3.63, 3.8) is 0 Å². The number of aliphatic carboxylic acids is 1. The van der Waals surface area contributed by atoms with Crippen molar-refractivity contribution in [3.05, 3.63) is 59.7 Å². The molecule has 2 fully saturated rings. The molecule has 0 radical (unpaired) electrons. The van der Waals surface area contributed by atoms with Gasteiger partial charge in [-0.3, -0.25) is 9.59 Å². The van der Waals surface area contributed by atoms with E-state index in [0.717, 1.165) is 22.3 Å². The molecular weight excluding hydrogens is 536 g/mol. The van der Waals surface area contributed by atoms with E-state index in [1.807, 2.05) is 48.5 Å². The second-order valence-electron chi connectivity index (χ2n) is 10.6. The molecule has 12 heteroatoms. The number of alkyl carbamates (subject to hydrolysis) is 1. The summed E-state index contributed by atoms with van der Waals surface area (Å²) < 4.78 is 28.0. The van der Waals surface area contributed by atoms with E-state index in [9.17, 15) is 24.3 Å². The van der Waals surface area contributed by atoms with E-state index in [4.69, 9.17) is 23.7 Å². The van der Waals surface area contributed by atoms with Crippen molar-refractivity contribution in [2.75, 3.05) is 13.2 Å². The van der Waals surface area contributed by atoms with E-state index in [0.29, 0.717) is 0 Å². The summed E-state index contributed by atoms with van der Waals surface area (Å²) in [4.78, 5) is 48.6. The molecule has 2 heterocycles. The van der Waals surface area contributed by atoms with Crippen LogP contribution in [0.15, 0.2) is 48.5 Å². The standard InChI is InChI=1S/C29H32N2O10/c1-15(32)37-14-22-24-25(41-29(2,3)40-24)26(39-22)31-23(33)12-21(27(34)35)30-28(36)38-13-20-18-10-6-4-8-16(18)17-9-5-7-11-19(17)20/h4-11,20-22,24-26H,12-14H2,1-3H3,(H,30,36)(H,31,33)(H,34,35)/t21-,22+,24+,25+,26+/m0/s1. The monoisotopic (exact) mass is 568 g/mol. The Morgan fingerprint density at radius 3 is 2.15 bits per heavy atom. The zero-order valence-electron chi connectivity index (χ0n) is 22.8. The van der Waals surface area contributed by atoms with Crippen LogP contribution in [0.5, 0.6) is 0 Å². The molecule has 41 heavy (non-hydrogen) atoms. The van der Waals surface area contributed by atoms with E-state index in [1.54, 1.807) is 13.8 Å². The highest BCUT2D eigenvalue weighted by molar-refractivity contribution is 5.87. The molecule has 2 aromatic rings. The summed E-state index contributed by atoms with van der Waals surface area (Å²) in [6, 6.07) is 14.1. The molecule has 0 aromatic heterocycles. The molecule has 2 saturated heterocycles. The summed E-state index contributed by atoms with van der Waals surface area (Å²) in [5.41, 5.74) is 4.14. The third-order valence-corrected chi connectivity index (χ3v) is 7.23. The van der Waals surface area contributed by atoms with Crippen molar-refractivity contribution in [1.29, 1.82) is 0 Å². The lowest BCUT2D eigenvalue weighted by Crippen LogP contribution is -2.48. The van der Waals surface area contributed by atoms with Gasteiger partial charge in [-0.25, -0.2) is 9.59 Å². The zero-order chi connectivity index (χ0) is 29.3. The van der Waals surface area contributed by atoms with Crippen LogP contribution >= 0.6 is 0 Å². The largest absolute Gasteiger partial charge is 0.480 e. The average molecular weight is 569 g/mol. The van der Waals surface area contributed by atoms with Gasteiger partial charge < -0.3 is 39.4 Å². The first kappa shape index (κ1) is 28.5. The minimum absolute atomic E-state index is 0.00573. The molecule has 1 aliphatic carbocycles. The Bertz CT molecular complexity index is 1300. The maximum atomic E-state index is 12.8. The number of hydrogen-bond acceptors (Lipinski definition) is 9. The number of carboxylic acids is 1. The minimum atomic E-state index is -1.56. The van der Waals surface area contributed by atoms with Gasteiger partial charge in [0.2, 0.25) is 5.91 Å². The van der Waals surface area contributed by atoms with Gasteiger partial charge in [0, 0.05) is 12.8 Å². The van der Waals surface area contributed by atoms with Crippen molar-refractivity contribution < 1.29 is 48.0 Å². The summed E-state index contributed by atoms with van der Waals surface area (Å²) in [5.74, 6) is -3.79. The summed E-state index contributed by atoms with van der Waals surface area (Å²) in [6.07, 6.45) is -4.57. The number of rotatable bonds is 9. The minimum Gasteiger partial charge on any atom is -0.480 e. The summed E-state index contributed by atoms with van der Waals surface area (Å²) in [6.45, 7) is 4.55. The maximum Gasteiger partial charge on any atom is 0.407 e. The van der Waals surface area contributed by atoms with Gasteiger partial charge in [0.1, 0.15) is 37.6 Å². The molecular formula is C29H32N2O10. The van der Waals surface area contributed by atoms with E-state index < -0.39 is 66.7 Å². The van der Waals surface area contributed by atoms with Crippen LogP contribution in [-0.2, 0) is 38.1 Å². The second kappa shape index (κ2) is 11.5. The average Bonchev–Trinajstić information content (AvgIpc) is 3.52. The number of carbonyl (C=O) groups excluding carboxylic acids is 3. The van der Waals surface area contributed by atoms with Crippen molar-refractivity contribution >= 4 is 23.9 Å². The van der Waals surface area contributed by atoms with Gasteiger partial charge in [-0.2, -0.15) is 0 Å². The highest BCUT2D eigenvalue weighted by Gasteiger charge is 2.56. The Kier molecular flexibility index (Phi) is 7.98. The molecule has 2 amide bonds. The molecule has 2 aromatic carbocycles. The molecule has 3 N–H and O–H groups in total. The molecule has 218 valence electrons. The number of ether oxygens (including phenoxy) is 5. The molecule has 0 unspecified atom stereocenters. The van der Waals surface area contributed by atoms with Crippen molar-refractivity contribution in [1.82, 2.24) is 10.6 Å². The summed E-state index contributed by atoms with van der Waals surface area (Å²) >= 11 is 0. The number of fused-ring (bicyclic) bond motifs is 4. The maximum absolute atomic E-state index is 12.8. The Balaban J connectivity index is 1.17. The van der Waals surface area contributed by atoms with Crippen LogP contribution in [0.4, 0.5) is 4.79 Å². The van der Waals surface area contributed by atoms with Gasteiger partial charge in [0.15, 0.2) is 12.0 Å². The second-order valence-corrected chi connectivity index (χ2v) is 10.6. The summed E-state index contributed by atoms with van der Waals surface area (Å²) in [7, 11) is 0. The normalized spacial score (nSPS) is 24.5. The van der Waals surface area contributed by atoms with Gasteiger partial charge in [-0.15, -0.1) is 0 Å². The summed E-state index contributed by atoms with van der Waals surface area (Å²) in [5, 5.41) is 14.6. The Hall–Kier alpha value is -4.00. The van der Waals surface area contributed by atoms with Crippen molar-refractivity contribution in [2.24, 2.45) is 0 Å². The van der Waals surface area contributed by atoms with Crippen LogP contribution in [0.1, 0.15) is 44.2 Å². The van der Waals surface area contributed by atoms with Crippen LogP contribution in [0, 0.1) is 0 Å². The molecule has 3 aliphatic rings. The third kappa shape index (κ3) is 6.19. The fourth-order valence-corrected chi connectivity index (χ4v) is 5.52. The van der Waals surface area contributed by atoms with Crippen LogP contribution < -0.4 is 10.6 Å². The molecule has 5 rings (SSSR count). The first-order valence-corrected chi connectivity index (χ1v) is 13.3. The van der Waals surface area contributed by atoms with E-state index >= 15 is 0 Å². The third-order valence-electron chi connectivity index (χ3n) is 7.23. The number of carboxylic acid groups (broad SMARTS) is 1. The molecule has 12 nitrogen and oxygen atoms in total. The van der Waals surface area contributed by atoms with Gasteiger partial charge in [0.05, 0.1) is 6.42 Å². The highest BCUT2D eigenvalue weighted by Crippen LogP contribution is 2.44. The lowest BCUT2D eigenvalue weighted by atomic mass is 9.98. The predicted molar refractivity (Wildman–Crippen MR) is 142 cm³/mol. The highest BCUT2D eigenvalue weighted by atomic mass is 16.8. The Morgan fingerprint density at radius 1 is 0.927 bits per heavy atom. The van der Waals surface area contributed by atoms with Gasteiger partial charge in [0.25, 0.3) is 0 Å². The van der Waals surface area contributed by atoms with Gasteiger partial charge in [-0.1, -0.05) is 48.5 Å². The number of carbonyl (C=O) groups is 4. The molecule has 0 bridgehead atoms.